The topological polar surface area (TPSA) is 103 Å². The first-order valence-electron chi connectivity index (χ1n) is 6.53. The molecule has 0 bridgehead atoms. The van der Waals surface area contributed by atoms with Gasteiger partial charge in [0.15, 0.2) is 6.61 Å². The van der Waals surface area contributed by atoms with Gasteiger partial charge in [-0.3, -0.25) is 10.1 Å². The van der Waals surface area contributed by atoms with Crippen LogP contribution in [0.4, 0.5) is 14.9 Å². The lowest BCUT2D eigenvalue weighted by molar-refractivity contribution is -0.148. The predicted molar refractivity (Wildman–Crippen MR) is 74.5 cm³/mol. The molecule has 1 aromatic carbocycles. The van der Waals surface area contributed by atoms with E-state index in [1.54, 1.807) is 0 Å². The fourth-order valence-electron chi connectivity index (χ4n) is 1.56. The van der Waals surface area contributed by atoms with E-state index in [9.17, 15) is 18.8 Å². The number of urea groups is 1. The lowest BCUT2D eigenvalue weighted by Crippen LogP contribution is -2.37. The van der Waals surface area contributed by atoms with Crippen molar-refractivity contribution < 1.29 is 33.0 Å². The summed E-state index contributed by atoms with van der Waals surface area (Å²) >= 11 is 0. The fourth-order valence-corrected chi connectivity index (χ4v) is 1.56. The maximum Gasteiger partial charge on any atom is 0.377 e. The summed E-state index contributed by atoms with van der Waals surface area (Å²) in [5.41, 5.74) is -0.0901. The van der Waals surface area contributed by atoms with Crippen molar-refractivity contribution in [2.24, 2.45) is 0 Å². The molecular formula is C14H13FN2O6. The predicted octanol–water partition coefficient (Wildman–Crippen LogP) is 0.905. The number of imide groups is 1. The number of hydrogen-bond donors (Lipinski definition) is 2. The highest BCUT2D eigenvalue weighted by Gasteiger charge is 2.18. The van der Waals surface area contributed by atoms with Crippen LogP contribution in [0, 0.1) is 5.82 Å². The Morgan fingerprint density at radius 2 is 2.00 bits per heavy atom. The molecule has 9 heteroatoms. The Labute approximate surface area is 130 Å². The molecule has 0 aromatic heterocycles. The summed E-state index contributed by atoms with van der Waals surface area (Å²) in [7, 11) is 0. The lowest BCUT2D eigenvalue weighted by Gasteiger charge is -2.14. The van der Waals surface area contributed by atoms with Gasteiger partial charge in [0.25, 0.3) is 5.91 Å². The number of ether oxygens (including phenoxy) is 3. The molecule has 1 heterocycles. The Hall–Kier alpha value is -3.10. The summed E-state index contributed by atoms with van der Waals surface area (Å²) in [6, 6.07) is 4.50. The zero-order valence-corrected chi connectivity index (χ0v) is 11.8. The van der Waals surface area contributed by atoms with Crippen molar-refractivity contribution in [2.45, 2.75) is 0 Å². The Morgan fingerprint density at radius 1 is 1.22 bits per heavy atom. The molecule has 0 spiro atoms. The smallest absolute Gasteiger partial charge is 0.377 e. The van der Waals surface area contributed by atoms with Crippen LogP contribution in [-0.2, 0) is 23.8 Å². The molecule has 3 amide bonds. The molecule has 122 valence electrons. The van der Waals surface area contributed by atoms with Crippen LogP contribution in [0.5, 0.6) is 0 Å². The molecule has 1 aromatic rings. The van der Waals surface area contributed by atoms with Crippen molar-refractivity contribution in [1.82, 2.24) is 5.32 Å². The maximum atomic E-state index is 13.3. The van der Waals surface area contributed by atoms with Crippen molar-refractivity contribution in [2.75, 3.05) is 25.1 Å². The first-order valence-corrected chi connectivity index (χ1v) is 6.53. The number of hydrogen-bond acceptors (Lipinski definition) is 6. The van der Waals surface area contributed by atoms with Gasteiger partial charge < -0.3 is 19.5 Å². The third-order valence-corrected chi connectivity index (χ3v) is 2.56. The van der Waals surface area contributed by atoms with Gasteiger partial charge in [-0.05, 0) is 12.1 Å². The molecule has 0 unspecified atom stereocenters. The highest BCUT2D eigenvalue weighted by molar-refractivity contribution is 6.02. The molecule has 2 N–H and O–H groups in total. The van der Waals surface area contributed by atoms with Gasteiger partial charge in [0.2, 0.25) is 5.76 Å². The number of nitrogens with one attached hydrogen (secondary N) is 2. The van der Waals surface area contributed by atoms with E-state index < -0.39 is 30.3 Å². The second-order valence-electron chi connectivity index (χ2n) is 4.26. The standard InChI is InChI=1S/C14H13FN2O6/c15-9-3-1-2-4-10(9)16-14(20)17-12(18)8-23-13(19)11-7-21-5-6-22-11/h1-4,7H,5-6,8H2,(H2,16,17,18,20). The SMILES string of the molecule is O=C(COC(=O)C1=COCCO1)NC(=O)Nc1ccccc1F. The molecule has 23 heavy (non-hydrogen) atoms. The van der Waals surface area contributed by atoms with Crippen molar-refractivity contribution in [3.8, 4) is 0 Å². The van der Waals surface area contributed by atoms with Crippen LogP contribution in [0.3, 0.4) is 0 Å². The molecule has 2 rings (SSSR count). The van der Waals surface area contributed by atoms with Crippen LogP contribution in [0.25, 0.3) is 0 Å². The molecule has 8 nitrogen and oxygen atoms in total. The highest BCUT2D eigenvalue weighted by Crippen LogP contribution is 2.11. The number of amides is 3. The average Bonchev–Trinajstić information content (AvgIpc) is 2.55. The Bertz CT molecular complexity index is 646. The van der Waals surface area contributed by atoms with Gasteiger partial charge in [0.1, 0.15) is 25.3 Å². The van der Waals surface area contributed by atoms with E-state index in [2.05, 4.69) is 10.1 Å². The molecule has 0 aliphatic carbocycles. The van der Waals surface area contributed by atoms with E-state index in [1.165, 1.54) is 18.2 Å². The summed E-state index contributed by atoms with van der Waals surface area (Å²) in [6.07, 6.45) is 1.08. The van der Waals surface area contributed by atoms with E-state index in [4.69, 9.17) is 9.47 Å². The van der Waals surface area contributed by atoms with Crippen molar-refractivity contribution >= 4 is 23.6 Å². The van der Waals surface area contributed by atoms with Gasteiger partial charge in [0, 0.05) is 0 Å². The number of carbonyl (C=O) groups excluding carboxylic acids is 3. The van der Waals surface area contributed by atoms with Crippen LogP contribution < -0.4 is 10.6 Å². The number of halogens is 1. The van der Waals surface area contributed by atoms with Crippen LogP contribution in [0.1, 0.15) is 0 Å². The number of para-hydroxylation sites is 1. The quantitative estimate of drug-likeness (QED) is 0.798. The monoisotopic (exact) mass is 324 g/mol. The number of carbonyl (C=O) groups is 3. The number of esters is 1. The minimum absolute atomic E-state index is 0.0901. The Morgan fingerprint density at radius 3 is 2.70 bits per heavy atom. The second kappa shape index (κ2) is 7.78. The molecule has 1 aliphatic heterocycles. The first kappa shape index (κ1) is 16.3. The molecule has 0 fully saturated rings. The minimum atomic E-state index is -0.951. The van der Waals surface area contributed by atoms with E-state index in [0.717, 1.165) is 12.3 Å². The second-order valence-corrected chi connectivity index (χ2v) is 4.26. The van der Waals surface area contributed by atoms with Gasteiger partial charge in [-0.1, -0.05) is 12.1 Å². The molecular weight excluding hydrogens is 311 g/mol. The van der Waals surface area contributed by atoms with Crippen LogP contribution in [0.15, 0.2) is 36.3 Å². The summed E-state index contributed by atoms with van der Waals surface area (Å²) in [6.45, 7) is -0.199. The average molecular weight is 324 g/mol. The summed E-state index contributed by atoms with van der Waals surface area (Å²) in [4.78, 5) is 34.5. The first-order chi connectivity index (χ1) is 11.1. The van der Waals surface area contributed by atoms with Gasteiger partial charge in [-0.15, -0.1) is 0 Å². The van der Waals surface area contributed by atoms with Crippen LogP contribution in [-0.4, -0.2) is 37.7 Å². The van der Waals surface area contributed by atoms with E-state index >= 15 is 0 Å². The summed E-state index contributed by atoms with van der Waals surface area (Å²) in [5, 5.41) is 4.04. The number of benzene rings is 1. The zero-order chi connectivity index (χ0) is 16.7. The van der Waals surface area contributed by atoms with Gasteiger partial charge >= 0.3 is 12.0 Å². The maximum absolute atomic E-state index is 13.3. The summed E-state index contributed by atoms with van der Waals surface area (Å²) < 4.78 is 27.8. The van der Waals surface area contributed by atoms with Gasteiger partial charge in [-0.2, -0.15) is 0 Å². The highest BCUT2D eigenvalue weighted by atomic mass is 19.1. The minimum Gasteiger partial charge on any atom is -0.493 e. The molecule has 1 aliphatic rings. The normalized spacial score (nSPS) is 13.0. The lowest BCUT2D eigenvalue weighted by atomic mass is 10.3. The van der Waals surface area contributed by atoms with E-state index in [0.29, 0.717) is 6.61 Å². The van der Waals surface area contributed by atoms with Crippen LogP contribution in [0.2, 0.25) is 0 Å². The van der Waals surface area contributed by atoms with Crippen LogP contribution >= 0.6 is 0 Å². The van der Waals surface area contributed by atoms with Crippen molar-refractivity contribution in [3.05, 3.63) is 42.1 Å². The molecule has 0 radical (unpaired) electrons. The third kappa shape index (κ3) is 4.99. The molecule has 0 atom stereocenters. The van der Waals surface area contributed by atoms with E-state index in [-0.39, 0.29) is 18.1 Å². The van der Waals surface area contributed by atoms with Gasteiger partial charge in [-0.25, -0.2) is 14.0 Å². The zero-order valence-electron chi connectivity index (χ0n) is 11.8. The Balaban J connectivity index is 1.76. The third-order valence-electron chi connectivity index (χ3n) is 2.56. The largest absolute Gasteiger partial charge is 0.493 e. The summed E-state index contributed by atoms with van der Waals surface area (Å²) in [5.74, 6) is -2.60. The van der Waals surface area contributed by atoms with E-state index in [1.807, 2.05) is 5.32 Å². The molecule has 0 saturated heterocycles. The Kier molecular flexibility index (Phi) is 5.50. The van der Waals surface area contributed by atoms with Crippen molar-refractivity contribution in [3.63, 3.8) is 0 Å². The molecule has 0 saturated carbocycles. The number of rotatable bonds is 4. The fraction of sp³-hybridized carbons (Fsp3) is 0.214. The van der Waals surface area contributed by atoms with Gasteiger partial charge in [0.05, 0.1) is 5.69 Å². The van der Waals surface area contributed by atoms with Crippen molar-refractivity contribution in [1.29, 1.82) is 0 Å². The number of anilines is 1.